The third kappa shape index (κ3) is 4.76. The van der Waals surface area contributed by atoms with Crippen LogP contribution in [0.15, 0.2) is 36.4 Å². The van der Waals surface area contributed by atoms with Gasteiger partial charge in [0.15, 0.2) is 6.61 Å². The summed E-state index contributed by atoms with van der Waals surface area (Å²) in [5, 5.41) is 22.0. The number of nitro benzene ring substituents is 1. The molecule has 2 rings (SSSR count). The first-order valence-corrected chi connectivity index (χ1v) is 7.34. The predicted molar refractivity (Wildman–Crippen MR) is 89.7 cm³/mol. The number of nitrogens with one attached hydrogen (secondary N) is 1. The summed E-state index contributed by atoms with van der Waals surface area (Å²) in [6.07, 6.45) is 0. The molecular formula is C17H12FN3O6. The maximum absolute atomic E-state index is 13.8. The molecule has 1 amide bonds. The van der Waals surface area contributed by atoms with Gasteiger partial charge in [0.2, 0.25) is 0 Å². The number of nitro groups is 1. The summed E-state index contributed by atoms with van der Waals surface area (Å²) in [5.74, 6) is -2.52. The largest absolute Gasteiger partial charge is 0.497 e. The Labute approximate surface area is 152 Å². The van der Waals surface area contributed by atoms with E-state index in [4.69, 9.17) is 14.7 Å². The van der Waals surface area contributed by atoms with Crippen LogP contribution < -0.4 is 10.1 Å². The Morgan fingerprint density at radius 3 is 2.63 bits per heavy atom. The average Bonchev–Trinajstić information content (AvgIpc) is 2.66. The molecule has 9 nitrogen and oxygen atoms in total. The molecule has 0 bridgehead atoms. The fourth-order valence-corrected chi connectivity index (χ4v) is 2.03. The van der Waals surface area contributed by atoms with Crippen molar-refractivity contribution in [2.45, 2.75) is 0 Å². The lowest BCUT2D eigenvalue weighted by Crippen LogP contribution is -2.21. The summed E-state index contributed by atoms with van der Waals surface area (Å²) in [6.45, 7) is -0.744. The smallest absolute Gasteiger partial charge is 0.341 e. The van der Waals surface area contributed by atoms with Crippen LogP contribution in [0, 0.1) is 27.3 Å². The van der Waals surface area contributed by atoms with Gasteiger partial charge in [-0.1, -0.05) is 0 Å². The lowest BCUT2D eigenvalue weighted by atomic mass is 10.1. The Kier molecular flexibility index (Phi) is 6.01. The minimum Gasteiger partial charge on any atom is -0.497 e. The topological polar surface area (TPSA) is 132 Å². The highest BCUT2D eigenvalue weighted by atomic mass is 19.1. The lowest BCUT2D eigenvalue weighted by Gasteiger charge is -2.09. The molecule has 2 aromatic carbocycles. The average molecular weight is 373 g/mol. The van der Waals surface area contributed by atoms with Gasteiger partial charge >= 0.3 is 5.97 Å². The Bertz CT molecular complexity index is 954. The number of esters is 1. The Morgan fingerprint density at radius 1 is 1.30 bits per heavy atom. The number of anilines is 1. The molecule has 0 atom stereocenters. The van der Waals surface area contributed by atoms with Gasteiger partial charge < -0.3 is 14.8 Å². The van der Waals surface area contributed by atoms with Gasteiger partial charge in [0.05, 0.1) is 28.8 Å². The van der Waals surface area contributed by atoms with E-state index in [1.807, 2.05) is 0 Å². The van der Waals surface area contributed by atoms with Crippen LogP contribution in [0.3, 0.4) is 0 Å². The van der Waals surface area contributed by atoms with Gasteiger partial charge in [-0.25, -0.2) is 9.18 Å². The molecular weight excluding hydrogens is 361 g/mol. The maximum Gasteiger partial charge on any atom is 0.341 e. The highest BCUT2D eigenvalue weighted by molar-refractivity contribution is 5.96. The molecule has 0 unspecified atom stereocenters. The van der Waals surface area contributed by atoms with Crippen molar-refractivity contribution >= 4 is 23.3 Å². The molecule has 0 aliphatic heterocycles. The van der Waals surface area contributed by atoms with Gasteiger partial charge in [0, 0.05) is 18.2 Å². The number of amides is 1. The SMILES string of the molecule is COc1ccc(C(=O)OCC(=O)Nc2ccc([N+](=O)[O-])cc2C#N)c(F)c1. The number of nitrogens with zero attached hydrogens (tertiary/aromatic N) is 2. The molecule has 0 saturated carbocycles. The third-order valence-corrected chi connectivity index (χ3v) is 3.34. The standard InChI is InChI=1S/C17H12FN3O6/c1-26-12-3-4-13(14(18)7-12)17(23)27-9-16(22)20-15-5-2-11(21(24)25)6-10(15)8-19/h2-7H,9H2,1H3,(H,20,22). The summed E-state index contributed by atoms with van der Waals surface area (Å²) in [7, 11) is 1.34. The van der Waals surface area contributed by atoms with Crippen LogP contribution in [0.25, 0.3) is 0 Å². The zero-order chi connectivity index (χ0) is 20.0. The van der Waals surface area contributed by atoms with Crippen molar-refractivity contribution in [1.82, 2.24) is 0 Å². The molecule has 0 aromatic heterocycles. The van der Waals surface area contributed by atoms with Crippen molar-refractivity contribution < 1.29 is 28.4 Å². The number of non-ortho nitro benzene ring substituents is 1. The second kappa shape index (κ2) is 8.39. The van der Waals surface area contributed by atoms with Crippen LogP contribution in [-0.2, 0) is 9.53 Å². The summed E-state index contributed by atoms with van der Waals surface area (Å²) in [6, 6.07) is 8.50. The number of hydrogen-bond acceptors (Lipinski definition) is 7. The number of halogens is 1. The number of carbonyl (C=O) groups excluding carboxylic acids is 2. The minimum atomic E-state index is -1.06. The molecule has 27 heavy (non-hydrogen) atoms. The van der Waals surface area contributed by atoms with Crippen LogP contribution in [-0.4, -0.2) is 30.5 Å². The maximum atomic E-state index is 13.8. The van der Waals surface area contributed by atoms with E-state index < -0.39 is 29.2 Å². The molecule has 0 saturated heterocycles. The van der Waals surface area contributed by atoms with Gasteiger partial charge in [0.1, 0.15) is 17.6 Å². The first-order valence-electron chi connectivity index (χ1n) is 7.34. The van der Waals surface area contributed by atoms with Crippen molar-refractivity contribution in [3.8, 4) is 11.8 Å². The van der Waals surface area contributed by atoms with Crippen LogP contribution in [0.2, 0.25) is 0 Å². The zero-order valence-electron chi connectivity index (χ0n) is 13.9. The van der Waals surface area contributed by atoms with E-state index in [9.17, 15) is 24.1 Å². The second-order valence-corrected chi connectivity index (χ2v) is 5.07. The molecule has 0 spiro atoms. The van der Waals surface area contributed by atoms with Crippen LogP contribution in [0.4, 0.5) is 15.8 Å². The third-order valence-electron chi connectivity index (χ3n) is 3.34. The van der Waals surface area contributed by atoms with Crippen molar-refractivity contribution in [2.24, 2.45) is 0 Å². The molecule has 0 fully saturated rings. The zero-order valence-corrected chi connectivity index (χ0v) is 13.9. The molecule has 2 aromatic rings. The quantitative estimate of drug-likeness (QED) is 0.467. The molecule has 138 valence electrons. The fraction of sp³-hybridized carbons (Fsp3) is 0.118. The fourth-order valence-electron chi connectivity index (χ4n) is 2.03. The van der Waals surface area contributed by atoms with Gasteiger partial charge in [-0.15, -0.1) is 0 Å². The predicted octanol–water partition coefficient (Wildman–Crippen LogP) is 2.41. The number of methoxy groups -OCH3 is 1. The normalized spacial score (nSPS) is 9.81. The minimum absolute atomic E-state index is 0.0137. The van der Waals surface area contributed by atoms with Crippen LogP contribution in [0.1, 0.15) is 15.9 Å². The molecule has 0 heterocycles. The number of carbonyl (C=O) groups is 2. The first-order chi connectivity index (χ1) is 12.8. The number of nitriles is 1. The first kappa shape index (κ1) is 19.3. The van der Waals surface area contributed by atoms with Crippen molar-refractivity contribution in [1.29, 1.82) is 5.26 Å². The van der Waals surface area contributed by atoms with Gasteiger partial charge in [-0.3, -0.25) is 14.9 Å². The monoisotopic (exact) mass is 373 g/mol. The van der Waals surface area contributed by atoms with E-state index in [2.05, 4.69) is 5.32 Å². The number of ether oxygens (including phenoxy) is 2. The summed E-state index contributed by atoms with van der Waals surface area (Å²) in [4.78, 5) is 33.7. The van der Waals surface area contributed by atoms with Crippen LogP contribution in [0.5, 0.6) is 5.75 Å². The van der Waals surface area contributed by atoms with E-state index >= 15 is 0 Å². The molecule has 0 aliphatic rings. The van der Waals surface area contributed by atoms with Gasteiger partial charge in [-0.05, 0) is 18.2 Å². The Hall–Kier alpha value is -4.00. The number of hydrogen-bond donors (Lipinski definition) is 1. The molecule has 1 N–H and O–H groups in total. The molecule has 0 radical (unpaired) electrons. The number of rotatable bonds is 6. The summed E-state index contributed by atoms with van der Waals surface area (Å²) < 4.78 is 23.3. The second-order valence-electron chi connectivity index (χ2n) is 5.07. The van der Waals surface area contributed by atoms with E-state index in [0.717, 1.165) is 24.3 Å². The summed E-state index contributed by atoms with van der Waals surface area (Å²) >= 11 is 0. The highest BCUT2D eigenvalue weighted by Crippen LogP contribution is 2.21. The van der Waals surface area contributed by atoms with E-state index in [-0.39, 0.29) is 28.3 Å². The van der Waals surface area contributed by atoms with Gasteiger partial charge in [-0.2, -0.15) is 5.26 Å². The molecule has 10 heteroatoms. The van der Waals surface area contributed by atoms with Crippen LogP contribution >= 0.6 is 0 Å². The van der Waals surface area contributed by atoms with Crippen molar-refractivity contribution in [2.75, 3.05) is 19.0 Å². The molecule has 0 aliphatic carbocycles. The Morgan fingerprint density at radius 2 is 2.04 bits per heavy atom. The van der Waals surface area contributed by atoms with Crippen molar-refractivity contribution in [3.05, 3.63) is 63.5 Å². The van der Waals surface area contributed by atoms with Gasteiger partial charge in [0.25, 0.3) is 11.6 Å². The Balaban J connectivity index is 2.01. The van der Waals surface area contributed by atoms with Crippen molar-refractivity contribution in [3.63, 3.8) is 0 Å². The lowest BCUT2D eigenvalue weighted by molar-refractivity contribution is -0.384. The van der Waals surface area contributed by atoms with E-state index in [0.29, 0.717) is 0 Å². The van der Waals surface area contributed by atoms with E-state index in [1.165, 1.54) is 19.2 Å². The number of benzene rings is 2. The van der Waals surface area contributed by atoms with E-state index in [1.54, 1.807) is 6.07 Å². The summed E-state index contributed by atoms with van der Waals surface area (Å²) in [5.41, 5.74) is -0.813. The highest BCUT2D eigenvalue weighted by Gasteiger charge is 2.17.